The molecule has 0 spiro atoms. The lowest BCUT2D eigenvalue weighted by Crippen LogP contribution is -2.39. The number of ether oxygens (including phenoxy) is 1. The second-order valence-corrected chi connectivity index (χ2v) is 4.36. The van der Waals surface area contributed by atoms with E-state index in [0.29, 0.717) is 13.2 Å². The first-order chi connectivity index (χ1) is 8.54. The molecule has 100 valence electrons. The SMILES string of the molecule is CCOc1ccc(CCNC(=O)C(C)N)cc1C. The highest BCUT2D eigenvalue weighted by molar-refractivity contribution is 5.80. The zero-order valence-corrected chi connectivity index (χ0v) is 11.3. The van der Waals surface area contributed by atoms with Crippen LogP contribution < -0.4 is 15.8 Å². The third-order valence-corrected chi connectivity index (χ3v) is 2.67. The molecule has 4 nitrogen and oxygen atoms in total. The predicted octanol–water partition coefficient (Wildman–Crippen LogP) is 1.40. The number of amides is 1. The summed E-state index contributed by atoms with van der Waals surface area (Å²) < 4.78 is 5.48. The van der Waals surface area contributed by atoms with Crippen LogP contribution in [0.2, 0.25) is 0 Å². The molecule has 0 saturated heterocycles. The number of aryl methyl sites for hydroxylation is 1. The van der Waals surface area contributed by atoms with Crippen molar-refractivity contribution in [2.24, 2.45) is 5.73 Å². The number of nitrogens with two attached hydrogens (primary N) is 1. The molecule has 1 aromatic carbocycles. The molecule has 0 aliphatic carbocycles. The van der Waals surface area contributed by atoms with Crippen molar-refractivity contribution in [3.63, 3.8) is 0 Å². The highest BCUT2D eigenvalue weighted by atomic mass is 16.5. The van der Waals surface area contributed by atoms with Crippen LogP contribution in [-0.2, 0) is 11.2 Å². The van der Waals surface area contributed by atoms with Gasteiger partial charge in [0.25, 0.3) is 0 Å². The summed E-state index contributed by atoms with van der Waals surface area (Å²) in [5.74, 6) is 0.804. The minimum atomic E-state index is -0.452. The van der Waals surface area contributed by atoms with Gasteiger partial charge in [0, 0.05) is 6.54 Å². The van der Waals surface area contributed by atoms with Crippen molar-refractivity contribution in [2.75, 3.05) is 13.2 Å². The molecule has 3 N–H and O–H groups in total. The fourth-order valence-electron chi connectivity index (χ4n) is 1.68. The molecule has 4 heteroatoms. The zero-order valence-electron chi connectivity index (χ0n) is 11.3. The summed E-state index contributed by atoms with van der Waals surface area (Å²) in [6.45, 7) is 6.95. The quantitative estimate of drug-likeness (QED) is 0.802. The normalized spacial score (nSPS) is 12.0. The maximum Gasteiger partial charge on any atom is 0.236 e. The molecule has 0 aliphatic heterocycles. The van der Waals surface area contributed by atoms with E-state index in [4.69, 9.17) is 10.5 Å². The van der Waals surface area contributed by atoms with Gasteiger partial charge in [-0.15, -0.1) is 0 Å². The standard InChI is InChI=1S/C14H22N2O2/c1-4-18-13-6-5-12(9-10(13)2)7-8-16-14(17)11(3)15/h5-6,9,11H,4,7-8,15H2,1-3H3,(H,16,17). The Morgan fingerprint density at radius 2 is 2.22 bits per heavy atom. The Hall–Kier alpha value is -1.55. The first kappa shape index (κ1) is 14.5. The minimum absolute atomic E-state index is 0.113. The van der Waals surface area contributed by atoms with Crippen LogP contribution in [0.4, 0.5) is 0 Å². The van der Waals surface area contributed by atoms with Gasteiger partial charge in [-0.05, 0) is 44.4 Å². The molecule has 0 fully saturated rings. The Morgan fingerprint density at radius 3 is 2.78 bits per heavy atom. The molecule has 1 unspecified atom stereocenters. The highest BCUT2D eigenvalue weighted by Crippen LogP contribution is 2.19. The van der Waals surface area contributed by atoms with Gasteiger partial charge in [0.1, 0.15) is 5.75 Å². The van der Waals surface area contributed by atoms with Gasteiger partial charge >= 0.3 is 0 Å². The lowest BCUT2D eigenvalue weighted by molar-refractivity contribution is -0.121. The van der Waals surface area contributed by atoms with E-state index in [0.717, 1.165) is 17.7 Å². The van der Waals surface area contributed by atoms with Crippen LogP contribution in [0.1, 0.15) is 25.0 Å². The number of hydrogen-bond donors (Lipinski definition) is 2. The van der Waals surface area contributed by atoms with Gasteiger partial charge in [-0.2, -0.15) is 0 Å². The molecule has 1 amide bonds. The fraction of sp³-hybridized carbons (Fsp3) is 0.500. The van der Waals surface area contributed by atoms with E-state index < -0.39 is 6.04 Å². The van der Waals surface area contributed by atoms with E-state index in [1.807, 2.05) is 26.0 Å². The largest absolute Gasteiger partial charge is 0.494 e. The number of rotatable bonds is 6. The van der Waals surface area contributed by atoms with Crippen molar-refractivity contribution in [3.8, 4) is 5.75 Å². The molecule has 0 bridgehead atoms. The van der Waals surface area contributed by atoms with Crippen LogP contribution in [-0.4, -0.2) is 25.1 Å². The van der Waals surface area contributed by atoms with E-state index in [-0.39, 0.29) is 5.91 Å². The topological polar surface area (TPSA) is 64.3 Å². The second-order valence-electron chi connectivity index (χ2n) is 4.36. The Balaban J connectivity index is 2.48. The molecule has 0 aliphatic rings. The van der Waals surface area contributed by atoms with Crippen LogP contribution in [0.15, 0.2) is 18.2 Å². The molecule has 0 heterocycles. The maximum absolute atomic E-state index is 11.3. The number of nitrogens with one attached hydrogen (secondary N) is 1. The Bertz CT molecular complexity index is 403. The summed E-state index contributed by atoms with van der Waals surface area (Å²) in [6.07, 6.45) is 0.797. The lowest BCUT2D eigenvalue weighted by Gasteiger charge is -2.10. The summed E-state index contributed by atoms with van der Waals surface area (Å²) in [5.41, 5.74) is 7.76. The maximum atomic E-state index is 11.3. The summed E-state index contributed by atoms with van der Waals surface area (Å²) in [5, 5.41) is 2.79. The fourth-order valence-corrected chi connectivity index (χ4v) is 1.68. The average molecular weight is 250 g/mol. The monoisotopic (exact) mass is 250 g/mol. The van der Waals surface area contributed by atoms with Gasteiger partial charge in [0.2, 0.25) is 5.91 Å². The van der Waals surface area contributed by atoms with Crippen LogP contribution in [0.5, 0.6) is 5.75 Å². The van der Waals surface area contributed by atoms with E-state index >= 15 is 0 Å². The molecular formula is C14H22N2O2. The van der Waals surface area contributed by atoms with Crippen LogP contribution in [0, 0.1) is 6.92 Å². The molecule has 1 atom stereocenters. The summed E-state index contributed by atoms with van der Waals surface area (Å²) in [4.78, 5) is 11.3. The van der Waals surface area contributed by atoms with Crippen molar-refractivity contribution in [1.82, 2.24) is 5.32 Å². The lowest BCUT2D eigenvalue weighted by atomic mass is 10.1. The van der Waals surface area contributed by atoms with Gasteiger partial charge in [0.15, 0.2) is 0 Å². The number of benzene rings is 1. The van der Waals surface area contributed by atoms with E-state index in [9.17, 15) is 4.79 Å². The molecule has 1 rings (SSSR count). The first-order valence-electron chi connectivity index (χ1n) is 6.30. The van der Waals surface area contributed by atoms with Gasteiger partial charge < -0.3 is 15.8 Å². The van der Waals surface area contributed by atoms with Gasteiger partial charge in [0.05, 0.1) is 12.6 Å². The third-order valence-electron chi connectivity index (χ3n) is 2.67. The van der Waals surface area contributed by atoms with Crippen molar-refractivity contribution in [1.29, 1.82) is 0 Å². The third kappa shape index (κ3) is 4.37. The van der Waals surface area contributed by atoms with E-state index in [1.54, 1.807) is 6.92 Å². The molecule has 0 radical (unpaired) electrons. The summed E-state index contributed by atoms with van der Waals surface area (Å²) in [6, 6.07) is 5.63. The highest BCUT2D eigenvalue weighted by Gasteiger charge is 2.06. The van der Waals surface area contributed by atoms with E-state index in [2.05, 4.69) is 11.4 Å². The molecule has 0 saturated carbocycles. The zero-order chi connectivity index (χ0) is 13.5. The Labute approximate surface area is 109 Å². The number of carbonyl (C=O) groups excluding carboxylic acids is 1. The van der Waals surface area contributed by atoms with E-state index in [1.165, 1.54) is 5.56 Å². The van der Waals surface area contributed by atoms with Crippen LogP contribution in [0.3, 0.4) is 0 Å². The minimum Gasteiger partial charge on any atom is -0.494 e. The van der Waals surface area contributed by atoms with Gasteiger partial charge in [-0.1, -0.05) is 12.1 Å². The average Bonchev–Trinajstić information content (AvgIpc) is 2.32. The van der Waals surface area contributed by atoms with Gasteiger partial charge in [-0.3, -0.25) is 4.79 Å². The molecule has 1 aromatic rings. The second kappa shape index (κ2) is 7.01. The molecule has 0 aromatic heterocycles. The van der Waals surface area contributed by atoms with Crippen LogP contribution >= 0.6 is 0 Å². The van der Waals surface area contributed by atoms with Gasteiger partial charge in [-0.25, -0.2) is 0 Å². The first-order valence-corrected chi connectivity index (χ1v) is 6.30. The number of hydrogen-bond acceptors (Lipinski definition) is 3. The number of carbonyl (C=O) groups is 1. The molecular weight excluding hydrogens is 228 g/mol. The molecule has 18 heavy (non-hydrogen) atoms. The van der Waals surface area contributed by atoms with Crippen molar-refractivity contribution >= 4 is 5.91 Å². The predicted molar refractivity (Wildman–Crippen MR) is 72.7 cm³/mol. The van der Waals surface area contributed by atoms with Crippen molar-refractivity contribution in [3.05, 3.63) is 29.3 Å². The van der Waals surface area contributed by atoms with Crippen molar-refractivity contribution in [2.45, 2.75) is 33.2 Å². The summed E-state index contributed by atoms with van der Waals surface area (Å²) >= 11 is 0. The van der Waals surface area contributed by atoms with Crippen LogP contribution in [0.25, 0.3) is 0 Å². The smallest absolute Gasteiger partial charge is 0.236 e. The Kier molecular flexibility index (Phi) is 5.65. The van der Waals surface area contributed by atoms with Crippen molar-refractivity contribution < 1.29 is 9.53 Å². The summed E-state index contributed by atoms with van der Waals surface area (Å²) in [7, 11) is 0. The Morgan fingerprint density at radius 1 is 1.50 bits per heavy atom.